The summed E-state index contributed by atoms with van der Waals surface area (Å²) < 4.78 is 0. The highest BCUT2D eigenvalue weighted by Gasteiger charge is 2.40. The fourth-order valence-corrected chi connectivity index (χ4v) is 3.45. The van der Waals surface area contributed by atoms with Gasteiger partial charge in [-0.25, -0.2) is 0 Å². The standard InChI is InChI=1S/C14H21NOS/c16-13(14-2-1-7-17-14)9-15-8-12(10-3-4-10)11-5-6-11/h1-2,7,10-13,15-16H,3-6,8-9H2. The van der Waals surface area contributed by atoms with Crippen LogP contribution in [-0.4, -0.2) is 18.2 Å². The number of aliphatic hydroxyl groups is 1. The molecule has 2 fully saturated rings. The highest BCUT2D eigenvalue weighted by atomic mass is 32.1. The minimum atomic E-state index is -0.325. The van der Waals surface area contributed by atoms with Gasteiger partial charge in [0.15, 0.2) is 0 Å². The van der Waals surface area contributed by atoms with E-state index in [1.807, 2.05) is 17.5 Å². The Hall–Kier alpha value is -0.380. The molecule has 0 spiro atoms. The van der Waals surface area contributed by atoms with Crippen LogP contribution in [-0.2, 0) is 0 Å². The van der Waals surface area contributed by atoms with Gasteiger partial charge in [0, 0.05) is 11.4 Å². The lowest BCUT2D eigenvalue weighted by atomic mass is 9.98. The van der Waals surface area contributed by atoms with E-state index in [0.717, 1.165) is 29.2 Å². The molecular formula is C14H21NOS. The quantitative estimate of drug-likeness (QED) is 0.781. The van der Waals surface area contributed by atoms with E-state index in [9.17, 15) is 5.11 Å². The second-order valence-corrected chi connectivity index (χ2v) is 6.51. The fourth-order valence-electron chi connectivity index (χ4n) is 2.74. The van der Waals surface area contributed by atoms with Crippen molar-refractivity contribution < 1.29 is 5.11 Å². The zero-order chi connectivity index (χ0) is 11.7. The van der Waals surface area contributed by atoms with Crippen LogP contribution >= 0.6 is 11.3 Å². The molecule has 0 aliphatic heterocycles. The van der Waals surface area contributed by atoms with Gasteiger partial charge in [0.25, 0.3) is 0 Å². The molecule has 1 unspecified atom stereocenters. The highest BCUT2D eigenvalue weighted by Crippen LogP contribution is 2.48. The van der Waals surface area contributed by atoms with Gasteiger partial charge in [0.1, 0.15) is 6.10 Å². The van der Waals surface area contributed by atoms with Crippen LogP contribution in [0.25, 0.3) is 0 Å². The van der Waals surface area contributed by atoms with E-state index < -0.39 is 0 Å². The van der Waals surface area contributed by atoms with Crippen molar-refractivity contribution in [3.8, 4) is 0 Å². The Labute approximate surface area is 107 Å². The Morgan fingerprint density at radius 2 is 1.94 bits per heavy atom. The molecule has 17 heavy (non-hydrogen) atoms. The van der Waals surface area contributed by atoms with Crippen LogP contribution in [0.4, 0.5) is 0 Å². The van der Waals surface area contributed by atoms with Crippen LogP contribution in [0.15, 0.2) is 17.5 Å². The largest absolute Gasteiger partial charge is 0.386 e. The molecule has 1 aromatic heterocycles. The van der Waals surface area contributed by atoms with Gasteiger partial charge in [-0.2, -0.15) is 0 Å². The van der Waals surface area contributed by atoms with E-state index in [1.54, 1.807) is 11.3 Å². The zero-order valence-electron chi connectivity index (χ0n) is 10.1. The maximum Gasteiger partial charge on any atom is 0.101 e. The van der Waals surface area contributed by atoms with E-state index in [1.165, 1.54) is 25.7 Å². The van der Waals surface area contributed by atoms with E-state index >= 15 is 0 Å². The van der Waals surface area contributed by atoms with Crippen LogP contribution < -0.4 is 5.32 Å². The monoisotopic (exact) mass is 251 g/mol. The van der Waals surface area contributed by atoms with Crippen molar-refractivity contribution in [1.29, 1.82) is 0 Å². The van der Waals surface area contributed by atoms with Crippen LogP contribution in [0.3, 0.4) is 0 Å². The molecule has 2 N–H and O–H groups in total. The summed E-state index contributed by atoms with van der Waals surface area (Å²) >= 11 is 1.64. The average molecular weight is 251 g/mol. The minimum Gasteiger partial charge on any atom is -0.386 e. The Morgan fingerprint density at radius 3 is 2.47 bits per heavy atom. The number of aliphatic hydroxyl groups excluding tert-OH is 1. The predicted molar refractivity (Wildman–Crippen MR) is 71.1 cm³/mol. The van der Waals surface area contributed by atoms with E-state index in [-0.39, 0.29) is 6.10 Å². The molecule has 2 nitrogen and oxygen atoms in total. The van der Waals surface area contributed by atoms with Crippen molar-refractivity contribution in [3.63, 3.8) is 0 Å². The molecule has 0 aromatic carbocycles. The smallest absolute Gasteiger partial charge is 0.101 e. The number of hydrogen-bond acceptors (Lipinski definition) is 3. The molecule has 0 radical (unpaired) electrons. The van der Waals surface area contributed by atoms with Crippen LogP contribution in [0.1, 0.15) is 36.7 Å². The summed E-state index contributed by atoms with van der Waals surface area (Å²) in [7, 11) is 0. The van der Waals surface area contributed by atoms with Crippen LogP contribution in [0, 0.1) is 17.8 Å². The van der Waals surface area contributed by atoms with Gasteiger partial charge in [0.05, 0.1) is 0 Å². The van der Waals surface area contributed by atoms with Gasteiger partial charge in [-0.15, -0.1) is 11.3 Å². The average Bonchev–Trinajstić information content (AvgIpc) is 3.25. The van der Waals surface area contributed by atoms with E-state index in [4.69, 9.17) is 0 Å². The molecule has 2 saturated carbocycles. The molecule has 0 amide bonds. The molecule has 1 aromatic rings. The summed E-state index contributed by atoms with van der Waals surface area (Å²) in [6.45, 7) is 1.81. The molecular weight excluding hydrogens is 230 g/mol. The first-order chi connectivity index (χ1) is 8.34. The van der Waals surface area contributed by atoms with Gasteiger partial charge < -0.3 is 10.4 Å². The third kappa shape index (κ3) is 3.09. The number of hydrogen-bond donors (Lipinski definition) is 2. The minimum absolute atomic E-state index is 0.325. The maximum atomic E-state index is 9.98. The second-order valence-electron chi connectivity index (χ2n) is 5.53. The Kier molecular flexibility index (Phi) is 3.50. The summed E-state index contributed by atoms with van der Waals surface area (Å²) in [5.74, 6) is 2.88. The summed E-state index contributed by atoms with van der Waals surface area (Å²) in [4.78, 5) is 1.08. The third-order valence-corrected chi connectivity index (χ3v) is 5.02. The molecule has 3 heteroatoms. The molecule has 94 valence electrons. The molecule has 2 aliphatic rings. The van der Waals surface area contributed by atoms with Gasteiger partial charge in [-0.1, -0.05) is 6.07 Å². The zero-order valence-corrected chi connectivity index (χ0v) is 11.0. The number of nitrogens with one attached hydrogen (secondary N) is 1. The van der Waals surface area contributed by atoms with Crippen LogP contribution in [0.2, 0.25) is 0 Å². The molecule has 0 saturated heterocycles. The van der Waals surface area contributed by atoms with E-state index in [0.29, 0.717) is 6.54 Å². The van der Waals surface area contributed by atoms with Crippen molar-refractivity contribution in [2.45, 2.75) is 31.8 Å². The Balaban J connectivity index is 1.41. The molecule has 1 atom stereocenters. The second kappa shape index (κ2) is 5.09. The van der Waals surface area contributed by atoms with Crippen molar-refractivity contribution in [2.75, 3.05) is 13.1 Å². The van der Waals surface area contributed by atoms with Crippen LogP contribution in [0.5, 0.6) is 0 Å². The first-order valence-corrected chi connectivity index (χ1v) is 7.64. The lowest BCUT2D eigenvalue weighted by Gasteiger charge is -2.17. The van der Waals surface area contributed by atoms with Crippen molar-refractivity contribution in [1.82, 2.24) is 5.32 Å². The molecule has 3 rings (SSSR count). The molecule has 0 bridgehead atoms. The van der Waals surface area contributed by atoms with Gasteiger partial charge in [-0.05, 0) is 61.4 Å². The fraction of sp³-hybridized carbons (Fsp3) is 0.714. The lowest BCUT2D eigenvalue weighted by molar-refractivity contribution is 0.174. The first kappa shape index (κ1) is 11.7. The molecule has 1 heterocycles. The van der Waals surface area contributed by atoms with Crippen molar-refractivity contribution in [3.05, 3.63) is 22.4 Å². The Bertz CT molecular complexity index is 331. The number of thiophene rings is 1. The van der Waals surface area contributed by atoms with Gasteiger partial charge in [0.2, 0.25) is 0 Å². The van der Waals surface area contributed by atoms with Crippen molar-refractivity contribution >= 4 is 11.3 Å². The van der Waals surface area contributed by atoms with Crippen molar-refractivity contribution in [2.24, 2.45) is 17.8 Å². The summed E-state index contributed by atoms with van der Waals surface area (Å²) in [6.07, 6.45) is 5.44. The predicted octanol–water partition coefficient (Wildman–Crippen LogP) is 2.81. The third-order valence-electron chi connectivity index (χ3n) is 4.04. The summed E-state index contributed by atoms with van der Waals surface area (Å²) in [6, 6.07) is 4.01. The highest BCUT2D eigenvalue weighted by molar-refractivity contribution is 7.10. The maximum absolute atomic E-state index is 9.98. The van der Waals surface area contributed by atoms with E-state index in [2.05, 4.69) is 5.32 Å². The normalized spacial score (nSPS) is 22.0. The van der Waals surface area contributed by atoms with Gasteiger partial charge in [-0.3, -0.25) is 0 Å². The Morgan fingerprint density at radius 1 is 1.24 bits per heavy atom. The topological polar surface area (TPSA) is 32.3 Å². The SMILES string of the molecule is OC(CNCC(C1CC1)C1CC1)c1cccs1. The first-order valence-electron chi connectivity index (χ1n) is 6.77. The number of rotatable bonds is 7. The lowest BCUT2D eigenvalue weighted by Crippen LogP contribution is -2.29. The van der Waals surface area contributed by atoms with Gasteiger partial charge >= 0.3 is 0 Å². The molecule has 2 aliphatic carbocycles. The summed E-state index contributed by atoms with van der Waals surface area (Å²) in [5, 5.41) is 15.5. The summed E-state index contributed by atoms with van der Waals surface area (Å²) in [5.41, 5.74) is 0.